The van der Waals surface area contributed by atoms with Gasteiger partial charge in [0.1, 0.15) is 12.1 Å². The molecule has 0 aliphatic heterocycles. The first kappa shape index (κ1) is 26.7. The van der Waals surface area contributed by atoms with E-state index in [0.29, 0.717) is 29.7 Å². The van der Waals surface area contributed by atoms with Crippen molar-refractivity contribution in [3.8, 4) is 0 Å². The third-order valence-corrected chi connectivity index (χ3v) is 4.62. The molecule has 0 aliphatic rings. The van der Waals surface area contributed by atoms with Gasteiger partial charge in [-0.15, -0.1) is 0 Å². The number of carbonyl (C=O) groups is 2. The molecule has 1 amide bonds. The Kier molecular flexibility index (Phi) is 11.0. The second-order valence-electron chi connectivity index (χ2n) is 7.06. The Bertz CT molecular complexity index is 1080. The van der Waals surface area contributed by atoms with Crippen molar-refractivity contribution in [3.05, 3.63) is 69.6 Å². The van der Waals surface area contributed by atoms with Crippen molar-refractivity contribution in [1.29, 1.82) is 0 Å². The molecule has 1 heterocycles. The second kappa shape index (κ2) is 13.1. The average Bonchev–Trinajstić information content (AvgIpc) is 2.77. The lowest BCUT2D eigenvalue weighted by Gasteiger charge is -2.23. The van der Waals surface area contributed by atoms with Crippen molar-refractivity contribution in [2.45, 2.75) is 20.4 Å². The number of aromatic nitrogens is 1. The maximum atomic E-state index is 13.6. The van der Waals surface area contributed by atoms with E-state index >= 15 is 0 Å². The van der Waals surface area contributed by atoms with Crippen molar-refractivity contribution in [2.75, 3.05) is 33.1 Å². The molecular formula is C24H31FN4O3. The number of allylic oxidation sites excluding steroid dienone is 1. The van der Waals surface area contributed by atoms with Crippen LogP contribution in [0.25, 0.3) is 12.3 Å². The molecular weight excluding hydrogens is 411 g/mol. The summed E-state index contributed by atoms with van der Waals surface area (Å²) in [7, 11) is 4.68. The number of pyridine rings is 1. The fourth-order valence-electron chi connectivity index (χ4n) is 3.19. The van der Waals surface area contributed by atoms with Gasteiger partial charge in [-0.05, 0) is 54.9 Å². The summed E-state index contributed by atoms with van der Waals surface area (Å²) in [5, 5.41) is 14.3. The van der Waals surface area contributed by atoms with E-state index in [9.17, 15) is 14.0 Å². The summed E-state index contributed by atoms with van der Waals surface area (Å²) < 4.78 is 13.6. The van der Waals surface area contributed by atoms with E-state index in [2.05, 4.69) is 22.2 Å². The summed E-state index contributed by atoms with van der Waals surface area (Å²) in [5.74, 6) is -0.694. The predicted octanol–water partition coefficient (Wildman–Crippen LogP) is 1.17. The number of hydrogen-bond acceptors (Lipinski definition) is 6. The molecule has 7 nitrogen and oxygen atoms in total. The highest BCUT2D eigenvalue weighted by atomic mass is 19.1. The van der Waals surface area contributed by atoms with Crippen LogP contribution in [0.2, 0.25) is 0 Å². The van der Waals surface area contributed by atoms with Gasteiger partial charge in [0.25, 0.3) is 0 Å². The van der Waals surface area contributed by atoms with Crippen molar-refractivity contribution < 1.29 is 19.1 Å². The molecule has 1 aromatic carbocycles. The normalized spacial score (nSPS) is 12.2. The number of nitrogens with zero attached hydrogens (tertiary/aromatic N) is 2. The zero-order chi connectivity index (χ0) is 24.3. The van der Waals surface area contributed by atoms with E-state index < -0.39 is 5.82 Å². The van der Waals surface area contributed by atoms with Crippen LogP contribution in [0.3, 0.4) is 0 Å². The summed E-state index contributed by atoms with van der Waals surface area (Å²) in [6.07, 6.45) is 2.49. The van der Waals surface area contributed by atoms with E-state index in [1.165, 1.54) is 19.1 Å². The Morgan fingerprint density at radius 1 is 1.28 bits per heavy atom. The molecule has 0 spiro atoms. The number of amides is 1. The molecule has 1 aromatic heterocycles. The van der Waals surface area contributed by atoms with Crippen LogP contribution in [0.4, 0.5) is 10.1 Å². The maximum Gasteiger partial charge on any atom is 0.221 e. The zero-order valence-electron chi connectivity index (χ0n) is 19.2. The molecule has 0 saturated carbocycles. The highest BCUT2D eigenvalue weighted by Gasteiger charge is 2.15. The Morgan fingerprint density at radius 3 is 2.53 bits per heavy atom. The number of nitrogens with one attached hydrogen (secondary N) is 2. The van der Waals surface area contributed by atoms with Gasteiger partial charge in [0.05, 0.1) is 5.35 Å². The average molecular weight is 443 g/mol. The topological polar surface area (TPSA) is 94.6 Å². The van der Waals surface area contributed by atoms with Crippen LogP contribution in [0, 0.1) is 5.82 Å². The molecule has 2 rings (SSSR count). The third-order valence-electron chi connectivity index (χ3n) is 4.62. The number of hydrogen-bond donors (Lipinski definition) is 3. The molecule has 0 aliphatic carbocycles. The maximum absolute atomic E-state index is 13.6. The minimum atomic E-state index is -0.423. The minimum Gasteiger partial charge on any atom is -0.400 e. The first-order valence-electron chi connectivity index (χ1n) is 9.93. The van der Waals surface area contributed by atoms with Crippen LogP contribution in [0.1, 0.15) is 19.4 Å². The van der Waals surface area contributed by atoms with Crippen molar-refractivity contribution in [2.24, 2.45) is 0 Å². The van der Waals surface area contributed by atoms with Crippen LogP contribution in [-0.4, -0.2) is 54.9 Å². The molecule has 32 heavy (non-hydrogen) atoms. The van der Waals surface area contributed by atoms with Gasteiger partial charge in [-0.2, -0.15) is 0 Å². The Labute approximate surface area is 188 Å². The molecule has 2 aromatic rings. The summed E-state index contributed by atoms with van der Waals surface area (Å²) in [6, 6.07) is 8.02. The van der Waals surface area contributed by atoms with Crippen molar-refractivity contribution in [1.82, 2.24) is 15.2 Å². The summed E-state index contributed by atoms with van der Waals surface area (Å²) in [4.78, 5) is 29.3. The Hall–Kier alpha value is -3.36. The predicted molar refractivity (Wildman–Crippen MR) is 125 cm³/mol. The smallest absolute Gasteiger partial charge is 0.221 e. The SMILES string of the molecule is C=c1nccc/c1=C(NC)/C(CN(C)Cc1ccc(F)cc1NC(C)=O)=C(\C)C=O.CO. The number of likely N-dealkylation sites (N-methyl/N-ethyl adjacent to an activating group) is 2. The van der Waals surface area contributed by atoms with Crippen LogP contribution in [0.15, 0.2) is 47.7 Å². The quantitative estimate of drug-likeness (QED) is 0.420. The fourth-order valence-corrected chi connectivity index (χ4v) is 3.19. The van der Waals surface area contributed by atoms with Gasteiger partial charge in [0.2, 0.25) is 5.91 Å². The molecule has 0 unspecified atom stereocenters. The number of anilines is 1. The second-order valence-corrected chi connectivity index (χ2v) is 7.06. The van der Waals surface area contributed by atoms with E-state index in [4.69, 9.17) is 5.11 Å². The van der Waals surface area contributed by atoms with Crippen molar-refractivity contribution >= 4 is 30.2 Å². The number of aldehydes is 1. The van der Waals surface area contributed by atoms with Crippen LogP contribution in [-0.2, 0) is 16.1 Å². The lowest BCUT2D eigenvalue weighted by Crippen LogP contribution is -2.35. The molecule has 8 heteroatoms. The van der Waals surface area contributed by atoms with Crippen LogP contribution in [0.5, 0.6) is 0 Å². The number of aliphatic hydroxyl groups excluding tert-OH is 1. The molecule has 0 fully saturated rings. The number of carbonyl (C=O) groups excluding carboxylic acids is 2. The number of aliphatic hydroxyl groups is 1. The third kappa shape index (κ3) is 7.40. The van der Waals surface area contributed by atoms with Crippen LogP contribution >= 0.6 is 0 Å². The number of benzene rings is 1. The first-order valence-corrected chi connectivity index (χ1v) is 9.93. The monoisotopic (exact) mass is 442 g/mol. The molecule has 0 saturated heterocycles. The van der Waals surface area contributed by atoms with Crippen LogP contribution < -0.4 is 21.2 Å². The molecule has 0 radical (unpaired) electrons. The lowest BCUT2D eigenvalue weighted by molar-refractivity contribution is -0.114. The Balaban J connectivity index is 0.00000249. The fraction of sp³-hybridized carbons (Fsp3) is 0.292. The summed E-state index contributed by atoms with van der Waals surface area (Å²) in [5.41, 5.74) is 3.34. The van der Waals surface area contributed by atoms with Gasteiger partial charge in [0, 0.05) is 57.0 Å². The molecule has 0 bridgehead atoms. The summed E-state index contributed by atoms with van der Waals surface area (Å²) in [6.45, 7) is 7.99. The Morgan fingerprint density at radius 2 is 1.97 bits per heavy atom. The van der Waals surface area contributed by atoms with Gasteiger partial charge in [0.15, 0.2) is 0 Å². The van der Waals surface area contributed by atoms with E-state index in [0.717, 1.165) is 35.4 Å². The van der Waals surface area contributed by atoms with E-state index in [-0.39, 0.29) is 5.91 Å². The first-order chi connectivity index (χ1) is 15.3. The molecule has 172 valence electrons. The van der Waals surface area contributed by atoms with E-state index in [1.807, 2.05) is 24.1 Å². The van der Waals surface area contributed by atoms with Gasteiger partial charge in [-0.3, -0.25) is 19.5 Å². The molecule has 3 N–H and O–H groups in total. The van der Waals surface area contributed by atoms with Gasteiger partial charge < -0.3 is 15.7 Å². The summed E-state index contributed by atoms with van der Waals surface area (Å²) >= 11 is 0. The standard InChI is InChI=1S/C23H27FN4O2.CH4O/c1-15(14-29)21(23(25-4)20-7-6-10-26-16(20)2)13-28(5)12-18-8-9-19(24)11-22(18)27-17(3)30;1-2/h6-11,14,25H,2,12-13H2,1,3-5H3,(H,27,30);2H,1H3/b21-15+,23-20+;. The van der Waals surface area contributed by atoms with E-state index in [1.54, 1.807) is 26.2 Å². The highest BCUT2D eigenvalue weighted by Crippen LogP contribution is 2.20. The highest BCUT2D eigenvalue weighted by molar-refractivity contribution is 5.89. The number of rotatable bonds is 8. The minimum absolute atomic E-state index is 0.271. The zero-order valence-corrected chi connectivity index (χ0v) is 19.2. The van der Waals surface area contributed by atoms with Gasteiger partial charge in [-0.1, -0.05) is 12.6 Å². The van der Waals surface area contributed by atoms with Gasteiger partial charge in [-0.25, -0.2) is 4.39 Å². The lowest BCUT2D eigenvalue weighted by atomic mass is 10.0. The molecule has 0 atom stereocenters. The van der Waals surface area contributed by atoms with Crippen molar-refractivity contribution in [3.63, 3.8) is 0 Å². The number of halogens is 1. The van der Waals surface area contributed by atoms with Gasteiger partial charge >= 0.3 is 0 Å². The largest absolute Gasteiger partial charge is 0.400 e.